The molecule has 0 bridgehead atoms. The van der Waals surface area contributed by atoms with Crippen LogP contribution in [0.3, 0.4) is 0 Å². The van der Waals surface area contributed by atoms with Crippen LogP contribution in [-0.4, -0.2) is 42.4 Å². The van der Waals surface area contributed by atoms with Gasteiger partial charge in [0.15, 0.2) is 0 Å². The molecule has 1 unspecified atom stereocenters. The molecular formula is C17H24N2S. The van der Waals surface area contributed by atoms with Crippen LogP contribution < -0.4 is 5.32 Å². The fraction of sp³-hybridized carbons (Fsp3) is 0.647. The first-order chi connectivity index (χ1) is 9.87. The molecule has 2 nitrogen and oxygen atoms in total. The summed E-state index contributed by atoms with van der Waals surface area (Å²) in [4.78, 5) is 4.36. The quantitative estimate of drug-likeness (QED) is 0.900. The van der Waals surface area contributed by atoms with Gasteiger partial charge in [-0.15, -0.1) is 11.8 Å². The average Bonchev–Trinajstić information content (AvgIpc) is 3.10. The lowest BCUT2D eigenvalue weighted by molar-refractivity contribution is 0.0605. The Morgan fingerprint density at radius 1 is 1.25 bits per heavy atom. The lowest BCUT2D eigenvalue weighted by atomic mass is 9.90. The smallest absolute Gasteiger partial charge is 0.0334 e. The summed E-state index contributed by atoms with van der Waals surface area (Å²) in [6.07, 6.45) is 5.66. The van der Waals surface area contributed by atoms with Gasteiger partial charge in [0, 0.05) is 48.3 Å². The van der Waals surface area contributed by atoms with Crippen molar-refractivity contribution in [3.05, 3.63) is 29.8 Å². The van der Waals surface area contributed by atoms with Crippen molar-refractivity contribution in [1.29, 1.82) is 0 Å². The van der Waals surface area contributed by atoms with E-state index in [0.717, 1.165) is 5.92 Å². The highest BCUT2D eigenvalue weighted by atomic mass is 32.2. The fourth-order valence-electron chi connectivity index (χ4n) is 4.34. The Bertz CT molecular complexity index is 482. The van der Waals surface area contributed by atoms with Crippen LogP contribution in [-0.2, 0) is 0 Å². The van der Waals surface area contributed by atoms with Gasteiger partial charge in [0.25, 0.3) is 0 Å². The monoisotopic (exact) mass is 288 g/mol. The maximum Gasteiger partial charge on any atom is 0.0334 e. The van der Waals surface area contributed by atoms with Crippen molar-refractivity contribution < 1.29 is 0 Å². The van der Waals surface area contributed by atoms with Crippen LogP contribution in [0.1, 0.15) is 37.2 Å². The van der Waals surface area contributed by atoms with Crippen molar-refractivity contribution in [1.82, 2.24) is 10.2 Å². The summed E-state index contributed by atoms with van der Waals surface area (Å²) in [6.45, 7) is 4.90. The molecule has 2 fully saturated rings. The zero-order chi connectivity index (χ0) is 13.4. The molecule has 1 N–H and O–H groups in total. The van der Waals surface area contributed by atoms with Gasteiger partial charge in [0.2, 0.25) is 0 Å². The number of hydrogen-bond donors (Lipinski definition) is 1. The highest BCUT2D eigenvalue weighted by molar-refractivity contribution is 7.99. The summed E-state index contributed by atoms with van der Waals surface area (Å²) in [5, 5.41) is 3.64. The minimum absolute atomic E-state index is 0.487. The fourth-order valence-corrected chi connectivity index (χ4v) is 5.58. The van der Waals surface area contributed by atoms with Crippen LogP contribution in [0.25, 0.3) is 0 Å². The maximum atomic E-state index is 3.64. The van der Waals surface area contributed by atoms with Crippen LogP contribution in [0.4, 0.5) is 0 Å². The predicted octanol–water partition coefficient (Wildman–Crippen LogP) is 3.09. The van der Waals surface area contributed by atoms with E-state index < -0.39 is 0 Å². The van der Waals surface area contributed by atoms with Crippen molar-refractivity contribution >= 4 is 11.8 Å². The zero-order valence-electron chi connectivity index (χ0n) is 12.1. The van der Waals surface area contributed by atoms with E-state index in [1.165, 1.54) is 62.5 Å². The number of nitrogens with one attached hydrogen (secondary N) is 1. The predicted molar refractivity (Wildman–Crippen MR) is 85.5 cm³/mol. The molecule has 0 aromatic heterocycles. The first kappa shape index (κ1) is 13.2. The normalized spacial score (nSPS) is 28.9. The summed E-state index contributed by atoms with van der Waals surface area (Å²) < 4.78 is 0. The Kier molecular flexibility index (Phi) is 3.53. The summed E-state index contributed by atoms with van der Waals surface area (Å²) in [7, 11) is 0. The van der Waals surface area contributed by atoms with Crippen LogP contribution in [0.5, 0.6) is 0 Å². The van der Waals surface area contributed by atoms with Crippen molar-refractivity contribution in [2.75, 3.05) is 31.9 Å². The molecule has 3 aliphatic rings. The molecular weight excluding hydrogens is 264 g/mol. The Hall–Kier alpha value is -0.510. The van der Waals surface area contributed by atoms with E-state index in [0.29, 0.717) is 5.54 Å². The van der Waals surface area contributed by atoms with Crippen molar-refractivity contribution in [2.24, 2.45) is 0 Å². The van der Waals surface area contributed by atoms with Gasteiger partial charge in [-0.1, -0.05) is 31.0 Å². The van der Waals surface area contributed by atoms with Gasteiger partial charge < -0.3 is 5.32 Å². The SMILES string of the molecule is c1ccc2c(c1)SCC2CN1CCNCC12CCCC2. The van der Waals surface area contributed by atoms with E-state index in [4.69, 9.17) is 0 Å². The van der Waals surface area contributed by atoms with E-state index in [1.807, 2.05) is 0 Å². The van der Waals surface area contributed by atoms with Gasteiger partial charge >= 0.3 is 0 Å². The second-order valence-electron chi connectivity index (χ2n) is 6.60. The first-order valence-electron chi connectivity index (χ1n) is 8.05. The molecule has 3 heteroatoms. The van der Waals surface area contributed by atoms with Gasteiger partial charge in [-0.25, -0.2) is 0 Å². The molecule has 1 aliphatic carbocycles. The Morgan fingerprint density at radius 2 is 2.10 bits per heavy atom. The number of fused-ring (bicyclic) bond motifs is 1. The summed E-state index contributed by atoms with van der Waals surface area (Å²) >= 11 is 2.05. The standard InChI is InChI=1S/C17H24N2S/c1-2-6-16-15(5-1)14(12-20-16)11-19-10-9-18-13-17(19)7-3-4-8-17/h1-2,5-6,14,18H,3-4,7-13H2. The highest BCUT2D eigenvalue weighted by Gasteiger charge is 2.42. The third-order valence-electron chi connectivity index (χ3n) is 5.46. The van der Waals surface area contributed by atoms with Gasteiger partial charge in [-0.2, -0.15) is 0 Å². The van der Waals surface area contributed by atoms with E-state index >= 15 is 0 Å². The van der Waals surface area contributed by atoms with E-state index in [1.54, 1.807) is 5.56 Å². The third kappa shape index (κ3) is 2.20. The summed E-state index contributed by atoms with van der Waals surface area (Å²) in [5.74, 6) is 2.02. The molecule has 4 rings (SSSR count). The molecule has 20 heavy (non-hydrogen) atoms. The van der Waals surface area contributed by atoms with Crippen molar-refractivity contribution in [3.63, 3.8) is 0 Å². The molecule has 1 aromatic carbocycles. The number of benzene rings is 1. The van der Waals surface area contributed by atoms with E-state index in [-0.39, 0.29) is 0 Å². The third-order valence-corrected chi connectivity index (χ3v) is 6.71. The Labute approximate surface area is 126 Å². The second kappa shape index (κ2) is 5.36. The van der Waals surface area contributed by atoms with Crippen molar-refractivity contribution in [3.8, 4) is 0 Å². The van der Waals surface area contributed by atoms with Crippen LogP contribution in [0.15, 0.2) is 29.2 Å². The number of piperazine rings is 1. The maximum absolute atomic E-state index is 3.64. The van der Waals surface area contributed by atoms with Crippen LogP contribution in [0.2, 0.25) is 0 Å². The lowest BCUT2D eigenvalue weighted by Crippen LogP contribution is -2.60. The minimum atomic E-state index is 0.487. The molecule has 1 saturated heterocycles. The summed E-state index contributed by atoms with van der Waals surface area (Å²) in [6, 6.07) is 9.03. The van der Waals surface area contributed by atoms with E-state index in [9.17, 15) is 0 Å². The second-order valence-corrected chi connectivity index (χ2v) is 7.66. The molecule has 108 valence electrons. The molecule has 1 aromatic rings. The molecule has 2 aliphatic heterocycles. The molecule has 0 amide bonds. The Balaban J connectivity index is 1.53. The lowest BCUT2D eigenvalue weighted by Gasteiger charge is -2.46. The minimum Gasteiger partial charge on any atom is -0.314 e. The average molecular weight is 288 g/mol. The highest BCUT2D eigenvalue weighted by Crippen LogP contribution is 2.42. The number of thioether (sulfide) groups is 1. The van der Waals surface area contributed by atoms with Crippen LogP contribution >= 0.6 is 11.8 Å². The zero-order valence-corrected chi connectivity index (χ0v) is 12.9. The van der Waals surface area contributed by atoms with Gasteiger partial charge in [-0.05, 0) is 24.5 Å². The van der Waals surface area contributed by atoms with Gasteiger partial charge in [0.05, 0.1) is 0 Å². The summed E-state index contributed by atoms with van der Waals surface area (Å²) in [5.41, 5.74) is 2.09. The number of rotatable bonds is 2. The number of nitrogens with zero attached hydrogens (tertiary/aromatic N) is 1. The number of hydrogen-bond acceptors (Lipinski definition) is 3. The Morgan fingerprint density at radius 3 is 3.00 bits per heavy atom. The topological polar surface area (TPSA) is 15.3 Å². The van der Waals surface area contributed by atoms with Crippen LogP contribution in [0, 0.1) is 0 Å². The largest absolute Gasteiger partial charge is 0.314 e. The first-order valence-corrected chi connectivity index (χ1v) is 9.03. The molecule has 1 saturated carbocycles. The molecule has 1 spiro atoms. The molecule has 0 radical (unpaired) electrons. The van der Waals surface area contributed by atoms with Gasteiger partial charge in [-0.3, -0.25) is 4.90 Å². The van der Waals surface area contributed by atoms with Crippen molar-refractivity contribution in [2.45, 2.75) is 42.0 Å². The molecule has 1 atom stereocenters. The van der Waals surface area contributed by atoms with Gasteiger partial charge in [0.1, 0.15) is 0 Å². The van der Waals surface area contributed by atoms with E-state index in [2.05, 4.69) is 46.2 Å². The molecule has 2 heterocycles.